The van der Waals surface area contributed by atoms with Gasteiger partial charge in [0.1, 0.15) is 12.7 Å². The second kappa shape index (κ2) is 33.4. The second-order valence-electron chi connectivity index (χ2n) is 13.1. The summed E-state index contributed by atoms with van der Waals surface area (Å²) in [5.74, 6) is -0.145. The topological polar surface area (TPSA) is 166 Å². The number of carbonyl (C=O) groups is 3. The first kappa shape index (κ1) is 48.6. The van der Waals surface area contributed by atoms with Crippen LogP contribution >= 0.6 is 7.82 Å². The minimum absolute atomic E-state index is 0.0808. The van der Waals surface area contributed by atoms with Crippen LogP contribution in [0.1, 0.15) is 136 Å². The molecule has 1 unspecified atom stereocenters. The van der Waals surface area contributed by atoms with E-state index in [-0.39, 0.29) is 25.2 Å². The Morgan fingerprint density at radius 2 is 1.31 bits per heavy atom. The maximum Gasteiger partial charge on any atom is 0.472 e. The first-order chi connectivity index (χ1) is 24.5. The summed E-state index contributed by atoms with van der Waals surface area (Å²) in [5, 5.41) is 18.2. The normalized spacial score (nSPS) is 14.6. The van der Waals surface area contributed by atoms with Gasteiger partial charge in [0, 0.05) is 19.3 Å². The van der Waals surface area contributed by atoms with Crippen LogP contribution in [0.4, 0.5) is 0 Å². The Morgan fingerprint density at radius 1 is 0.706 bits per heavy atom. The molecule has 0 aromatic heterocycles. The molecule has 0 rings (SSSR count). The lowest BCUT2D eigenvalue weighted by Gasteiger charge is -2.20. The van der Waals surface area contributed by atoms with Gasteiger partial charge < -0.3 is 24.6 Å². The van der Waals surface area contributed by atoms with E-state index in [1.54, 1.807) is 12.2 Å². The number of carbonyl (C=O) groups excluding carboxylic acids is 3. The first-order valence-electron chi connectivity index (χ1n) is 18.9. The van der Waals surface area contributed by atoms with Crippen LogP contribution in [0.3, 0.4) is 0 Å². The number of rotatable bonds is 34. The van der Waals surface area contributed by atoms with E-state index < -0.39 is 51.8 Å². The number of aliphatic hydroxyl groups is 2. The summed E-state index contributed by atoms with van der Waals surface area (Å²) in [6, 6.07) is 0. The SMILES string of the molecule is CCCCCC(=O)/C=C/C=C\C/C=C\C/C=C\CCCC(=O)O[C@H](COC(=O)CCCCCCCCCC(C)C)COP(=O)(O)OC[C@@H](O)CO. The molecule has 51 heavy (non-hydrogen) atoms. The summed E-state index contributed by atoms with van der Waals surface area (Å²) in [5.41, 5.74) is 0. The van der Waals surface area contributed by atoms with Gasteiger partial charge in [-0.15, -0.1) is 0 Å². The molecule has 0 saturated heterocycles. The molecule has 3 atom stereocenters. The predicted molar refractivity (Wildman–Crippen MR) is 201 cm³/mol. The van der Waals surface area contributed by atoms with Crippen molar-refractivity contribution in [3.8, 4) is 0 Å². The number of phosphoric acid groups is 1. The molecule has 3 N–H and O–H groups in total. The number of phosphoric ester groups is 1. The summed E-state index contributed by atoms with van der Waals surface area (Å²) < 4.78 is 32.4. The fraction of sp³-hybridized carbons (Fsp3) is 0.718. The number of ether oxygens (including phenoxy) is 2. The highest BCUT2D eigenvalue weighted by atomic mass is 31.2. The van der Waals surface area contributed by atoms with Crippen molar-refractivity contribution in [2.45, 2.75) is 149 Å². The van der Waals surface area contributed by atoms with Gasteiger partial charge in [0.05, 0.1) is 19.8 Å². The third kappa shape index (κ3) is 34.5. The highest BCUT2D eigenvalue weighted by molar-refractivity contribution is 7.47. The van der Waals surface area contributed by atoms with E-state index in [1.807, 2.05) is 36.5 Å². The van der Waals surface area contributed by atoms with Crippen molar-refractivity contribution in [3.05, 3.63) is 48.6 Å². The van der Waals surface area contributed by atoms with Crippen molar-refractivity contribution in [2.75, 3.05) is 26.4 Å². The van der Waals surface area contributed by atoms with Crippen LogP contribution in [0.25, 0.3) is 0 Å². The molecule has 0 aliphatic heterocycles. The van der Waals surface area contributed by atoms with E-state index >= 15 is 0 Å². The zero-order valence-electron chi connectivity index (χ0n) is 31.5. The van der Waals surface area contributed by atoms with Gasteiger partial charge in [0.2, 0.25) is 0 Å². The molecule has 11 nitrogen and oxygen atoms in total. The summed E-state index contributed by atoms with van der Waals surface area (Å²) in [4.78, 5) is 46.4. The average Bonchev–Trinajstić information content (AvgIpc) is 3.09. The van der Waals surface area contributed by atoms with E-state index in [1.165, 1.54) is 25.7 Å². The van der Waals surface area contributed by atoms with Crippen molar-refractivity contribution < 1.29 is 52.6 Å². The molecule has 0 spiro atoms. The Hall–Kier alpha value is -2.40. The highest BCUT2D eigenvalue weighted by Crippen LogP contribution is 2.43. The largest absolute Gasteiger partial charge is 0.472 e. The Labute approximate surface area is 307 Å². The fourth-order valence-corrected chi connectivity index (χ4v) is 5.44. The lowest BCUT2D eigenvalue weighted by atomic mass is 10.0. The predicted octanol–water partition coefficient (Wildman–Crippen LogP) is 8.42. The van der Waals surface area contributed by atoms with Crippen LogP contribution in [0.2, 0.25) is 0 Å². The number of esters is 2. The zero-order chi connectivity index (χ0) is 38.0. The van der Waals surface area contributed by atoms with E-state index in [0.29, 0.717) is 25.7 Å². The third-order valence-corrected chi connectivity index (χ3v) is 8.59. The zero-order valence-corrected chi connectivity index (χ0v) is 32.4. The lowest BCUT2D eigenvalue weighted by Crippen LogP contribution is -2.29. The molecular formula is C39H67O11P. The molecule has 0 aliphatic carbocycles. The maximum atomic E-state index is 12.5. The van der Waals surface area contributed by atoms with Crippen LogP contribution in [0, 0.1) is 5.92 Å². The third-order valence-electron chi connectivity index (χ3n) is 7.64. The molecule has 0 aromatic rings. The molecule has 0 bridgehead atoms. The number of ketones is 1. The maximum absolute atomic E-state index is 12.5. The molecule has 294 valence electrons. The van der Waals surface area contributed by atoms with Crippen LogP contribution < -0.4 is 0 Å². The Balaban J connectivity index is 4.54. The summed E-state index contributed by atoms with van der Waals surface area (Å²) in [6.45, 7) is 4.35. The number of unbranched alkanes of at least 4 members (excludes halogenated alkanes) is 9. The quantitative estimate of drug-likeness (QED) is 0.0145. The van der Waals surface area contributed by atoms with Gasteiger partial charge in [-0.05, 0) is 50.5 Å². The molecule has 0 aromatic carbocycles. The van der Waals surface area contributed by atoms with Crippen LogP contribution in [-0.2, 0) is 37.5 Å². The van der Waals surface area contributed by atoms with Crippen molar-refractivity contribution in [1.29, 1.82) is 0 Å². The van der Waals surface area contributed by atoms with Crippen LogP contribution in [0.5, 0.6) is 0 Å². The monoisotopic (exact) mass is 742 g/mol. The van der Waals surface area contributed by atoms with Gasteiger partial charge in [-0.3, -0.25) is 23.4 Å². The number of aliphatic hydroxyl groups excluding tert-OH is 2. The smallest absolute Gasteiger partial charge is 0.462 e. The van der Waals surface area contributed by atoms with Gasteiger partial charge >= 0.3 is 19.8 Å². The van der Waals surface area contributed by atoms with Crippen molar-refractivity contribution >= 4 is 25.5 Å². The summed E-state index contributed by atoms with van der Waals surface area (Å²) in [7, 11) is -4.64. The number of allylic oxidation sites excluding steroid dienone is 8. The second-order valence-corrected chi connectivity index (χ2v) is 14.6. The van der Waals surface area contributed by atoms with Crippen molar-refractivity contribution in [3.63, 3.8) is 0 Å². The van der Waals surface area contributed by atoms with E-state index in [9.17, 15) is 28.9 Å². The van der Waals surface area contributed by atoms with Crippen LogP contribution in [0.15, 0.2) is 48.6 Å². The molecule has 0 amide bonds. The lowest BCUT2D eigenvalue weighted by molar-refractivity contribution is -0.161. The number of hydrogen-bond donors (Lipinski definition) is 3. The van der Waals surface area contributed by atoms with E-state index in [2.05, 4.69) is 25.3 Å². The van der Waals surface area contributed by atoms with Gasteiger partial charge in [-0.25, -0.2) is 4.57 Å². The molecule has 0 radical (unpaired) electrons. The molecule has 0 heterocycles. The minimum atomic E-state index is -4.64. The average molecular weight is 743 g/mol. The highest BCUT2D eigenvalue weighted by Gasteiger charge is 2.27. The first-order valence-corrected chi connectivity index (χ1v) is 20.4. The Bertz CT molecular complexity index is 1070. The van der Waals surface area contributed by atoms with Crippen molar-refractivity contribution in [1.82, 2.24) is 0 Å². The minimum Gasteiger partial charge on any atom is -0.462 e. The standard InChI is InChI=1S/C39H67O11P/c1-4-5-20-26-35(41)27-22-17-13-9-7-6-8-10-14-19-24-29-39(44)50-37(33-49-51(45,46)48-31-36(42)30-40)32-47-38(43)28-23-18-15-11-12-16-21-25-34(2)3/h6-7,10,13-14,17,22,27,34,36-37,40,42H,4-5,8-9,11-12,15-16,18-21,23-26,28-33H2,1-3H3,(H,45,46)/b7-6-,14-10-,17-13-,27-22+/t36-,37+/m0/s1. The summed E-state index contributed by atoms with van der Waals surface area (Å²) in [6.07, 6.45) is 28.1. The van der Waals surface area contributed by atoms with Crippen LogP contribution in [-0.4, -0.2) is 71.5 Å². The molecule has 0 aliphatic rings. The van der Waals surface area contributed by atoms with Gasteiger partial charge in [-0.1, -0.05) is 121 Å². The molecular weight excluding hydrogens is 675 g/mol. The van der Waals surface area contributed by atoms with Gasteiger partial charge in [0.25, 0.3) is 0 Å². The van der Waals surface area contributed by atoms with E-state index in [0.717, 1.165) is 57.3 Å². The van der Waals surface area contributed by atoms with Gasteiger partial charge in [0.15, 0.2) is 11.9 Å². The fourth-order valence-electron chi connectivity index (χ4n) is 4.65. The Morgan fingerprint density at radius 3 is 2.00 bits per heavy atom. The van der Waals surface area contributed by atoms with Gasteiger partial charge in [-0.2, -0.15) is 0 Å². The molecule has 0 saturated carbocycles. The Kier molecular flexibility index (Phi) is 31.9. The molecule has 0 fully saturated rings. The molecule has 12 heteroatoms. The van der Waals surface area contributed by atoms with E-state index in [4.69, 9.17) is 19.1 Å². The van der Waals surface area contributed by atoms with Crippen molar-refractivity contribution in [2.24, 2.45) is 5.92 Å². The number of hydrogen-bond acceptors (Lipinski definition) is 10. The summed E-state index contributed by atoms with van der Waals surface area (Å²) >= 11 is 0.